The van der Waals surface area contributed by atoms with Crippen molar-refractivity contribution >= 4 is 6.15 Å². The van der Waals surface area contributed by atoms with Crippen LogP contribution < -0.4 is 0 Å². The van der Waals surface area contributed by atoms with Crippen LogP contribution in [-0.4, -0.2) is 11.3 Å². The van der Waals surface area contributed by atoms with Gasteiger partial charge in [0.2, 0.25) is 0 Å². The Bertz CT molecular complexity index is 279. The summed E-state index contributed by atoms with van der Waals surface area (Å²) in [5.74, 6) is 0. The maximum absolute atomic E-state index is 8.79. The molecule has 0 saturated carbocycles. The normalized spacial score (nSPS) is 8.23. The topological polar surface area (TPSA) is 54.4 Å². The lowest BCUT2D eigenvalue weighted by atomic mass is 10.1. The lowest BCUT2D eigenvalue weighted by Gasteiger charge is -1.99. The first-order valence-electron chi connectivity index (χ1n) is 3.81. The van der Waals surface area contributed by atoms with Crippen molar-refractivity contribution in [2.45, 2.75) is 20.5 Å². The fourth-order valence-corrected chi connectivity index (χ4v) is 1.16. The van der Waals surface area contributed by atoms with Crippen LogP contribution in [0.3, 0.4) is 0 Å². The maximum atomic E-state index is 8.79. The Morgan fingerprint density at radius 1 is 1.15 bits per heavy atom. The fraction of sp³-hybridized carbons (Fsp3) is 0.300. The minimum atomic E-state index is 0.141. The molecule has 0 amide bonds. The van der Waals surface area contributed by atoms with Crippen molar-refractivity contribution in [3.63, 3.8) is 0 Å². The predicted molar refractivity (Wildman–Crippen MR) is 46.8 cm³/mol. The second-order valence-corrected chi connectivity index (χ2v) is 2.74. The van der Waals surface area contributed by atoms with E-state index >= 15 is 0 Å². The summed E-state index contributed by atoms with van der Waals surface area (Å²) in [5, 5.41) is 8.79. The van der Waals surface area contributed by atoms with E-state index in [1.54, 1.807) is 0 Å². The number of aliphatic hydroxyl groups excluding tert-OH is 1. The van der Waals surface area contributed by atoms with Crippen LogP contribution in [0.25, 0.3) is 0 Å². The van der Waals surface area contributed by atoms with Crippen LogP contribution in [0.15, 0.2) is 18.2 Å². The molecule has 0 bridgehead atoms. The van der Waals surface area contributed by atoms with Gasteiger partial charge < -0.3 is 5.11 Å². The van der Waals surface area contributed by atoms with Crippen molar-refractivity contribution in [3.8, 4) is 0 Å². The number of carbonyl (C=O) groups excluding carboxylic acids is 2. The molecule has 0 unspecified atom stereocenters. The Kier molecular flexibility index (Phi) is 5.44. The molecule has 1 N–H and O–H groups in total. The monoisotopic (exact) mass is 180 g/mol. The molecule has 0 radical (unpaired) electrons. The molecule has 70 valence electrons. The zero-order valence-electron chi connectivity index (χ0n) is 7.70. The van der Waals surface area contributed by atoms with Gasteiger partial charge in [0.15, 0.2) is 0 Å². The third-order valence-corrected chi connectivity index (χ3v) is 1.46. The van der Waals surface area contributed by atoms with Gasteiger partial charge in [0.05, 0.1) is 6.61 Å². The summed E-state index contributed by atoms with van der Waals surface area (Å²) in [7, 11) is 0. The standard InChI is InChI=1S/C9H12O.CO2/c1-7-3-8(2)5-9(4-7)6-10;2-1-3/h3-5,10H,6H2,1-2H3;. The Morgan fingerprint density at radius 3 is 1.85 bits per heavy atom. The van der Waals surface area contributed by atoms with Crippen molar-refractivity contribution in [1.29, 1.82) is 0 Å². The minimum absolute atomic E-state index is 0.141. The number of aryl methyl sites for hydroxylation is 2. The van der Waals surface area contributed by atoms with E-state index in [9.17, 15) is 0 Å². The molecule has 0 aliphatic heterocycles. The van der Waals surface area contributed by atoms with E-state index in [0.29, 0.717) is 0 Å². The average molecular weight is 180 g/mol. The highest BCUT2D eigenvalue weighted by Crippen LogP contribution is 2.07. The van der Waals surface area contributed by atoms with Crippen LogP contribution in [0.4, 0.5) is 0 Å². The molecule has 0 aromatic heterocycles. The van der Waals surface area contributed by atoms with Gasteiger partial charge in [-0.3, -0.25) is 0 Å². The number of hydrogen-bond acceptors (Lipinski definition) is 3. The van der Waals surface area contributed by atoms with E-state index in [1.807, 2.05) is 26.0 Å². The number of rotatable bonds is 1. The van der Waals surface area contributed by atoms with Crippen molar-refractivity contribution in [2.24, 2.45) is 0 Å². The molecule has 3 nitrogen and oxygen atoms in total. The van der Waals surface area contributed by atoms with Crippen molar-refractivity contribution in [1.82, 2.24) is 0 Å². The van der Waals surface area contributed by atoms with Gasteiger partial charge in [-0.1, -0.05) is 29.3 Å². The zero-order chi connectivity index (χ0) is 10.3. The van der Waals surface area contributed by atoms with Crippen LogP contribution >= 0.6 is 0 Å². The van der Waals surface area contributed by atoms with E-state index in [2.05, 4.69) is 6.07 Å². The molecule has 3 heteroatoms. The Hall–Kier alpha value is -1.44. The zero-order valence-corrected chi connectivity index (χ0v) is 7.70. The molecular weight excluding hydrogens is 168 g/mol. The van der Waals surface area contributed by atoms with Gasteiger partial charge in [-0.05, 0) is 19.4 Å². The number of benzene rings is 1. The Morgan fingerprint density at radius 2 is 1.54 bits per heavy atom. The molecular formula is C10H12O3. The van der Waals surface area contributed by atoms with Gasteiger partial charge in [-0.2, -0.15) is 9.59 Å². The minimum Gasteiger partial charge on any atom is -0.392 e. The third kappa shape index (κ3) is 4.90. The molecule has 0 spiro atoms. The predicted octanol–water partition coefficient (Wildman–Crippen LogP) is 1.21. The molecule has 1 rings (SSSR count). The first kappa shape index (κ1) is 11.6. The van der Waals surface area contributed by atoms with Crippen LogP contribution in [0.2, 0.25) is 0 Å². The maximum Gasteiger partial charge on any atom is 0.373 e. The number of hydrogen-bond donors (Lipinski definition) is 1. The van der Waals surface area contributed by atoms with Gasteiger partial charge in [0.1, 0.15) is 0 Å². The summed E-state index contributed by atoms with van der Waals surface area (Å²) < 4.78 is 0. The summed E-state index contributed by atoms with van der Waals surface area (Å²) in [6.45, 7) is 4.21. The highest BCUT2D eigenvalue weighted by molar-refractivity contribution is 5.27. The molecule has 0 aliphatic carbocycles. The van der Waals surface area contributed by atoms with E-state index < -0.39 is 0 Å². The van der Waals surface area contributed by atoms with Gasteiger partial charge >= 0.3 is 6.15 Å². The van der Waals surface area contributed by atoms with Crippen LogP contribution in [0.1, 0.15) is 16.7 Å². The molecule has 1 aromatic carbocycles. The molecule has 0 saturated heterocycles. The van der Waals surface area contributed by atoms with Gasteiger partial charge in [-0.25, -0.2) is 0 Å². The molecule has 0 atom stereocenters. The van der Waals surface area contributed by atoms with E-state index in [1.165, 1.54) is 11.1 Å². The first-order chi connectivity index (χ1) is 6.13. The summed E-state index contributed by atoms with van der Waals surface area (Å²) in [4.78, 5) is 16.2. The van der Waals surface area contributed by atoms with E-state index in [4.69, 9.17) is 14.7 Å². The lowest BCUT2D eigenvalue weighted by molar-refractivity contribution is -0.191. The van der Waals surface area contributed by atoms with Gasteiger partial charge in [0, 0.05) is 0 Å². The first-order valence-corrected chi connectivity index (χ1v) is 3.81. The Labute approximate surface area is 77.0 Å². The van der Waals surface area contributed by atoms with Gasteiger partial charge in [0.25, 0.3) is 0 Å². The second-order valence-electron chi connectivity index (χ2n) is 2.74. The summed E-state index contributed by atoms with van der Waals surface area (Å²) in [6, 6.07) is 6.08. The molecule has 1 aromatic rings. The van der Waals surface area contributed by atoms with Crippen LogP contribution in [0, 0.1) is 13.8 Å². The van der Waals surface area contributed by atoms with Crippen LogP contribution in [-0.2, 0) is 16.2 Å². The quantitative estimate of drug-likeness (QED) is 0.706. The van der Waals surface area contributed by atoms with Crippen LogP contribution in [0.5, 0.6) is 0 Å². The van der Waals surface area contributed by atoms with Gasteiger partial charge in [-0.15, -0.1) is 0 Å². The summed E-state index contributed by atoms with van der Waals surface area (Å²) >= 11 is 0. The average Bonchev–Trinajstić information content (AvgIpc) is 2.04. The highest BCUT2D eigenvalue weighted by atomic mass is 16.3. The highest BCUT2D eigenvalue weighted by Gasteiger charge is 1.91. The SMILES string of the molecule is Cc1cc(C)cc(CO)c1.O=C=O. The number of aliphatic hydroxyl groups is 1. The van der Waals surface area contributed by atoms with Crippen molar-refractivity contribution < 1.29 is 14.7 Å². The summed E-state index contributed by atoms with van der Waals surface area (Å²) in [5.41, 5.74) is 3.42. The smallest absolute Gasteiger partial charge is 0.373 e. The fourth-order valence-electron chi connectivity index (χ4n) is 1.16. The second kappa shape index (κ2) is 6.12. The summed E-state index contributed by atoms with van der Waals surface area (Å²) in [6.07, 6.45) is 0.250. The molecule has 0 fully saturated rings. The largest absolute Gasteiger partial charge is 0.392 e. The molecule has 0 heterocycles. The molecule has 13 heavy (non-hydrogen) atoms. The Balaban J connectivity index is 0.000000424. The van der Waals surface area contributed by atoms with Crippen molar-refractivity contribution in [3.05, 3.63) is 34.9 Å². The third-order valence-electron chi connectivity index (χ3n) is 1.46. The lowest BCUT2D eigenvalue weighted by Crippen LogP contribution is -1.85. The van der Waals surface area contributed by atoms with E-state index in [0.717, 1.165) is 5.56 Å². The van der Waals surface area contributed by atoms with E-state index in [-0.39, 0.29) is 12.8 Å². The molecule has 0 aliphatic rings. The van der Waals surface area contributed by atoms with Crippen molar-refractivity contribution in [2.75, 3.05) is 0 Å².